The van der Waals surface area contributed by atoms with Crippen LogP contribution in [0.4, 0.5) is 9.18 Å². The van der Waals surface area contributed by atoms with Crippen LogP contribution < -0.4 is 10.5 Å². The van der Waals surface area contributed by atoms with Gasteiger partial charge in [0.25, 0.3) is 0 Å². The molecule has 0 radical (unpaired) electrons. The van der Waals surface area contributed by atoms with Crippen LogP contribution in [0.15, 0.2) is 54.9 Å². The summed E-state index contributed by atoms with van der Waals surface area (Å²) in [6.45, 7) is 0. The summed E-state index contributed by atoms with van der Waals surface area (Å²) >= 11 is 0. The smallest absolute Gasteiger partial charge is 0.408 e. The average Bonchev–Trinajstić information content (AvgIpc) is 2.91. The van der Waals surface area contributed by atoms with Crippen LogP contribution in [-0.4, -0.2) is 16.1 Å². The molecule has 3 aromatic rings. The lowest BCUT2D eigenvalue weighted by atomic mass is 10.1. The van der Waals surface area contributed by atoms with E-state index in [9.17, 15) is 9.18 Å². The van der Waals surface area contributed by atoms with Gasteiger partial charge in [-0.1, -0.05) is 12.1 Å². The Morgan fingerprint density at radius 1 is 1.18 bits per heavy atom. The van der Waals surface area contributed by atoms with Gasteiger partial charge in [0, 0.05) is 35.3 Å². The fourth-order valence-corrected chi connectivity index (χ4v) is 2.18. The van der Waals surface area contributed by atoms with Gasteiger partial charge in [-0.25, -0.2) is 9.18 Å². The SMILES string of the molecule is NC(=O)Oc1cc(-c2ccncc2)[nH]c1-c1ccccc1F. The molecule has 0 aliphatic rings. The maximum Gasteiger partial charge on any atom is 0.410 e. The summed E-state index contributed by atoms with van der Waals surface area (Å²) in [6.07, 6.45) is 2.30. The highest BCUT2D eigenvalue weighted by Gasteiger charge is 2.17. The zero-order valence-corrected chi connectivity index (χ0v) is 11.4. The van der Waals surface area contributed by atoms with E-state index in [1.807, 2.05) is 0 Å². The number of carbonyl (C=O) groups excluding carboxylic acids is 1. The van der Waals surface area contributed by atoms with Crippen molar-refractivity contribution in [3.63, 3.8) is 0 Å². The summed E-state index contributed by atoms with van der Waals surface area (Å²) in [5.41, 5.74) is 7.21. The van der Waals surface area contributed by atoms with Gasteiger partial charge in [-0.15, -0.1) is 0 Å². The van der Waals surface area contributed by atoms with E-state index in [2.05, 4.69) is 9.97 Å². The minimum atomic E-state index is -0.960. The van der Waals surface area contributed by atoms with Gasteiger partial charge in [0.05, 0.1) is 5.69 Å². The van der Waals surface area contributed by atoms with Crippen molar-refractivity contribution in [3.05, 3.63) is 60.7 Å². The third kappa shape index (κ3) is 2.67. The summed E-state index contributed by atoms with van der Waals surface area (Å²) in [5, 5.41) is 0. The molecule has 1 amide bonds. The van der Waals surface area contributed by atoms with Crippen molar-refractivity contribution in [1.29, 1.82) is 0 Å². The molecular formula is C16H12FN3O2. The van der Waals surface area contributed by atoms with Crippen LogP contribution in [0.5, 0.6) is 5.75 Å². The number of nitrogens with one attached hydrogen (secondary N) is 1. The molecule has 2 aromatic heterocycles. The van der Waals surface area contributed by atoms with Gasteiger partial charge in [0.2, 0.25) is 0 Å². The predicted molar refractivity (Wildman–Crippen MR) is 79.6 cm³/mol. The van der Waals surface area contributed by atoms with Crippen LogP contribution in [0.3, 0.4) is 0 Å². The summed E-state index contributed by atoms with van der Waals surface area (Å²) < 4.78 is 19.0. The molecule has 6 heteroatoms. The molecular weight excluding hydrogens is 285 g/mol. The molecule has 2 heterocycles. The average molecular weight is 297 g/mol. The lowest BCUT2D eigenvalue weighted by molar-refractivity contribution is 0.211. The molecule has 0 fully saturated rings. The number of H-pyrrole nitrogens is 1. The molecule has 0 saturated heterocycles. The first-order chi connectivity index (χ1) is 10.6. The number of amides is 1. The van der Waals surface area contributed by atoms with Gasteiger partial charge < -0.3 is 15.5 Å². The molecule has 5 nitrogen and oxygen atoms in total. The standard InChI is InChI=1S/C16H12FN3O2/c17-12-4-2-1-3-11(12)15-14(22-16(18)21)9-13(20-15)10-5-7-19-8-6-10/h1-9,20H,(H2,18,21). The van der Waals surface area contributed by atoms with Crippen LogP contribution in [0.2, 0.25) is 0 Å². The van der Waals surface area contributed by atoms with E-state index in [0.717, 1.165) is 5.56 Å². The lowest BCUT2D eigenvalue weighted by Gasteiger charge is -2.04. The van der Waals surface area contributed by atoms with Crippen molar-refractivity contribution < 1.29 is 13.9 Å². The van der Waals surface area contributed by atoms with E-state index in [-0.39, 0.29) is 5.75 Å². The number of nitrogens with two attached hydrogens (primary N) is 1. The second kappa shape index (κ2) is 5.69. The van der Waals surface area contributed by atoms with Crippen LogP contribution >= 0.6 is 0 Å². The van der Waals surface area contributed by atoms with Crippen LogP contribution in [-0.2, 0) is 0 Å². The van der Waals surface area contributed by atoms with Gasteiger partial charge >= 0.3 is 6.09 Å². The van der Waals surface area contributed by atoms with Gasteiger partial charge in [-0.2, -0.15) is 0 Å². The predicted octanol–water partition coefficient (Wildman–Crippen LogP) is 3.34. The third-order valence-corrected chi connectivity index (χ3v) is 3.13. The maximum atomic E-state index is 14.0. The number of pyridine rings is 1. The van der Waals surface area contributed by atoms with Crippen molar-refractivity contribution in [2.45, 2.75) is 0 Å². The molecule has 0 bridgehead atoms. The number of rotatable bonds is 3. The third-order valence-electron chi connectivity index (χ3n) is 3.13. The van der Waals surface area contributed by atoms with Crippen molar-refractivity contribution in [2.75, 3.05) is 0 Å². The molecule has 0 unspecified atom stereocenters. The molecule has 0 spiro atoms. The molecule has 0 saturated carbocycles. The molecule has 22 heavy (non-hydrogen) atoms. The van der Waals surface area contributed by atoms with Crippen molar-refractivity contribution in [3.8, 4) is 28.3 Å². The van der Waals surface area contributed by atoms with E-state index in [1.54, 1.807) is 48.8 Å². The largest absolute Gasteiger partial charge is 0.410 e. The molecule has 1 aromatic carbocycles. The van der Waals surface area contributed by atoms with Crippen molar-refractivity contribution >= 4 is 6.09 Å². The summed E-state index contributed by atoms with van der Waals surface area (Å²) in [7, 11) is 0. The Morgan fingerprint density at radius 2 is 1.91 bits per heavy atom. The Bertz CT molecular complexity index is 815. The monoisotopic (exact) mass is 297 g/mol. The number of aromatic amines is 1. The van der Waals surface area contributed by atoms with E-state index < -0.39 is 11.9 Å². The Hall–Kier alpha value is -3.15. The zero-order chi connectivity index (χ0) is 15.5. The molecule has 0 atom stereocenters. The first-order valence-electron chi connectivity index (χ1n) is 6.51. The Labute approximate surface area is 125 Å². The first kappa shape index (κ1) is 13.8. The van der Waals surface area contributed by atoms with Gasteiger partial charge in [-0.3, -0.25) is 4.98 Å². The Balaban J connectivity index is 2.14. The van der Waals surface area contributed by atoms with Gasteiger partial charge in [0.15, 0.2) is 5.75 Å². The zero-order valence-electron chi connectivity index (χ0n) is 11.4. The molecule has 110 valence electrons. The van der Waals surface area contributed by atoms with Gasteiger partial charge in [0.1, 0.15) is 5.82 Å². The molecule has 0 aliphatic carbocycles. The fraction of sp³-hybridized carbons (Fsp3) is 0. The number of nitrogens with zero attached hydrogens (tertiary/aromatic N) is 1. The number of benzene rings is 1. The van der Waals surface area contributed by atoms with E-state index in [0.29, 0.717) is 17.0 Å². The Kier molecular flexibility index (Phi) is 3.57. The van der Waals surface area contributed by atoms with E-state index in [4.69, 9.17) is 10.5 Å². The Morgan fingerprint density at radius 3 is 2.59 bits per heavy atom. The van der Waals surface area contributed by atoms with Crippen LogP contribution in [0.25, 0.3) is 22.5 Å². The number of aromatic nitrogens is 2. The van der Waals surface area contributed by atoms with Crippen molar-refractivity contribution in [1.82, 2.24) is 9.97 Å². The fourth-order valence-electron chi connectivity index (χ4n) is 2.18. The highest BCUT2D eigenvalue weighted by Crippen LogP contribution is 2.35. The highest BCUT2D eigenvalue weighted by atomic mass is 19.1. The van der Waals surface area contributed by atoms with E-state index in [1.165, 1.54) is 6.07 Å². The quantitative estimate of drug-likeness (QED) is 0.778. The summed E-state index contributed by atoms with van der Waals surface area (Å²) in [4.78, 5) is 18.1. The normalized spacial score (nSPS) is 10.4. The molecule has 3 N–H and O–H groups in total. The van der Waals surface area contributed by atoms with Crippen molar-refractivity contribution in [2.24, 2.45) is 5.73 Å². The molecule has 0 aliphatic heterocycles. The lowest BCUT2D eigenvalue weighted by Crippen LogP contribution is -2.16. The highest BCUT2D eigenvalue weighted by molar-refractivity contribution is 5.78. The van der Waals surface area contributed by atoms with Crippen LogP contribution in [0, 0.1) is 5.82 Å². The van der Waals surface area contributed by atoms with Crippen LogP contribution in [0.1, 0.15) is 0 Å². The maximum absolute atomic E-state index is 14.0. The number of carbonyl (C=O) groups is 1. The number of primary amides is 1. The number of hydrogen-bond donors (Lipinski definition) is 2. The topological polar surface area (TPSA) is 81.0 Å². The van der Waals surface area contributed by atoms with Gasteiger partial charge in [-0.05, 0) is 24.3 Å². The number of ether oxygens (including phenoxy) is 1. The van der Waals surface area contributed by atoms with E-state index >= 15 is 0 Å². The number of hydrogen-bond acceptors (Lipinski definition) is 3. The summed E-state index contributed by atoms with van der Waals surface area (Å²) in [5.74, 6) is -0.260. The first-order valence-corrected chi connectivity index (χ1v) is 6.51. The molecule has 3 rings (SSSR count). The minimum absolute atomic E-state index is 0.171. The summed E-state index contributed by atoms with van der Waals surface area (Å²) in [6, 6.07) is 11.4. The number of halogens is 1. The second-order valence-corrected chi connectivity index (χ2v) is 4.56. The minimum Gasteiger partial charge on any atom is -0.408 e. The second-order valence-electron chi connectivity index (χ2n) is 4.56.